The Hall–Kier alpha value is -1.32. The maximum absolute atomic E-state index is 4.26. The molecule has 1 aromatic heterocycles. The number of rotatable bonds is 5. The monoisotopic (exact) mass is 258 g/mol. The summed E-state index contributed by atoms with van der Waals surface area (Å²) in [7, 11) is 2.00. The van der Waals surface area contributed by atoms with Gasteiger partial charge in [0.15, 0.2) is 0 Å². The quantitative estimate of drug-likeness (QED) is 0.832. The van der Waals surface area contributed by atoms with Crippen molar-refractivity contribution >= 4 is 11.8 Å². The van der Waals surface area contributed by atoms with Crippen molar-refractivity contribution in [3.05, 3.63) is 59.9 Å². The molecule has 0 radical (unpaired) electrons. The molecule has 0 aliphatic rings. The van der Waals surface area contributed by atoms with Gasteiger partial charge in [0.25, 0.3) is 0 Å². The van der Waals surface area contributed by atoms with Gasteiger partial charge in [0.2, 0.25) is 0 Å². The number of aromatic nitrogens is 1. The van der Waals surface area contributed by atoms with Crippen LogP contribution in [0.15, 0.2) is 53.7 Å². The summed E-state index contributed by atoms with van der Waals surface area (Å²) in [4.78, 5) is 5.56. The van der Waals surface area contributed by atoms with E-state index < -0.39 is 0 Å². The number of thioether (sulfide) groups is 1. The summed E-state index contributed by atoms with van der Waals surface area (Å²) in [5, 5.41) is 3.35. The Morgan fingerprint density at radius 1 is 1.22 bits per heavy atom. The lowest BCUT2D eigenvalue weighted by atomic mass is 10.1. The van der Waals surface area contributed by atoms with Crippen molar-refractivity contribution < 1.29 is 0 Å². The fourth-order valence-corrected chi connectivity index (χ4v) is 2.88. The van der Waals surface area contributed by atoms with Gasteiger partial charge >= 0.3 is 0 Å². The second-order valence-electron chi connectivity index (χ2n) is 4.26. The minimum Gasteiger partial charge on any atom is -0.312 e. The molecule has 3 heteroatoms. The van der Waals surface area contributed by atoms with E-state index in [1.807, 2.05) is 37.3 Å². The molecule has 0 amide bonds. The highest BCUT2D eigenvalue weighted by atomic mass is 32.2. The number of pyridine rings is 1. The van der Waals surface area contributed by atoms with E-state index in [1.165, 1.54) is 16.0 Å². The number of nitrogens with zero attached hydrogens (tertiary/aromatic N) is 1. The van der Waals surface area contributed by atoms with Crippen LogP contribution in [0.1, 0.15) is 17.2 Å². The lowest BCUT2D eigenvalue weighted by Gasteiger charge is -2.16. The van der Waals surface area contributed by atoms with Gasteiger partial charge in [-0.25, -0.2) is 0 Å². The number of hydrogen-bond donors (Lipinski definition) is 1. The van der Waals surface area contributed by atoms with Crippen LogP contribution >= 0.6 is 11.8 Å². The van der Waals surface area contributed by atoms with Crippen LogP contribution in [-0.2, 0) is 0 Å². The first kappa shape index (κ1) is 13.1. The van der Waals surface area contributed by atoms with E-state index >= 15 is 0 Å². The molecule has 94 valence electrons. The standard InChI is InChI=1S/C15H18N2S/c1-12-8-13(10-17-9-12)15(16-2)11-18-14-6-4-3-5-7-14/h3-10,15-16H,11H2,1-2H3. The van der Waals surface area contributed by atoms with Crippen molar-refractivity contribution in [2.45, 2.75) is 17.9 Å². The maximum atomic E-state index is 4.26. The molecule has 1 aromatic carbocycles. The second kappa shape index (κ2) is 6.57. The molecule has 0 saturated carbocycles. The van der Waals surface area contributed by atoms with E-state index in [1.54, 1.807) is 0 Å². The van der Waals surface area contributed by atoms with Gasteiger partial charge in [-0.1, -0.05) is 24.3 Å². The van der Waals surface area contributed by atoms with Crippen LogP contribution in [0.2, 0.25) is 0 Å². The lowest BCUT2D eigenvalue weighted by molar-refractivity contribution is 0.658. The van der Waals surface area contributed by atoms with E-state index in [-0.39, 0.29) is 0 Å². The van der Waals surface area contributed by atoms with Crippen LogP contribution in [0, 0.1) is 6.92 Å². The molecule has 1 heterocycles. The highest BCUT2D eigenvalue weighted by molar-refractivity contribution is 7.99. The fourth-order valence-electron chi connectivity index (χ4n) is 1.81. The molecule has 2 aromatic rings. The van der Waals surface area contributed by atoms with Crippen LogP contribution in [0.4, 0.5) is 0 Å². The van der Waals surface area contributed by atoms with Crippen LogP contribution in [0.5, 0.6) is 0 Å². The Morgan fingerprint density at radius 2 is 2.00 bits per heavy atom. The highest BCUT2D eigenvalue weighted by Gasteiger charge is 2.10. The van der Waals surface area contributed by atoms with Crippen LogP contribution in [0.25, 0.3) is 0 Å². The predicted molar refractivity (Wildman–Crippen MR) is 77.9 cm³/mol. The molecule has 0 saturated heterocycles. The van der Waals surface area contributed by atoms with Crippen molar-refractivity contribution in [1.29, 1.82) is 0 Å². The minimum atomic E-state index is 0.336. The van der Waals surface area contributed by atoms with Gasteiger partial charge in [0.1, 0.15) is 0 Å². The zero-order chi connectivity index (χ0) is 12.8. The molecule has 2 rings (SSSR count). The first-order valence-electron chi connectivity index (χ1n) is 6.06. The third-order valence-electron chi connectivity index (χ3n) is 2.81. The molecule has 0 spiro atoms. The molecule has 0 aliphatic carbocycles. The van der Waals surface area contributed by atoms with Gasteiger partial charge in [0, 0.05) is 29.1 Å². The van der Waals surface area contributed by atoms with Gasteiger partial charge in [-0.2, -0.15) is 0 Å². The Bertz CT molecular complexity index is 485. The molecule has 1 atom stereocenters. The van der Waals surface area contributed by atoms with Crippen molar-refractivity contribution in [3.8, 4) is 0 Å². The summed E-state index contributed by atoms with van der Waals surface area (Å²) in [6, 6.07) is 13.0. The maximum Gasteiger partial charge on any atom is 0.0428 e. The molecule has 0 aliphatic heterocycles. The van der Waals surface area contributed by atoms with E-state index in [2.05, 4.69) is 47.6 Å². The van der Waals surface area contributed by atoms with Gasteiger partial charge < -0.3 is 5.32 Å². The number of aryl methyl sites for hydroxylation is 1. The second-order valence-corrected chi connectivity index (χ2v) is 5.35. The highest BCUT2D eigenvalue weighted by Crippen LogP contribution is 2.24. The Morgan fingerprint density at radius 3 is 2.67 bits per heavy atom. The molecule has 2 nitrogen and oxygen atoms in total. The van der Waals surface area contributed by atoms with Gasteiger partial charge in [-0.15, -0.1) is 11.8 Å². The molecule has 1 unspecified atom stereocenters. The summed E-state index contributed by atoms with van der Waals surface area (Å²) in [6.07, 6.45) is 3.83. The fraction of sp³-hybridized carbons (Fsp3) is 0.267. The van der Waals surface area contributed by atoms with Crippen molar-refractivity contribution in [2.75, 3.05) is 12.8 Å². The molecular formula is C15H18N2S. The molecule has 18 heavy (non-hydrogen) atoms. The zero-order valence-electron chi connectivity index (χ0n) is 10.8. The van der Waals surface area contributed by atoms with E-state index in [0.29, 0.717) is 6.04 Å². The van der Waals surface area contributed by atoms with E-state index in [0.717, 1.165) is 5.75 Å². The first-order valence-corrected chi connectivity index (χ1v) is 7.05. The summed E-state index contributed by atoms with van der Waals surface area (Å²) in [5.41, 5.74) is 2.46. The number of benzene rings is 1. The number of hydrogen-bond acceptors (Lipinski definition) is 3. The SMILES string of the molecule is CNC(CSc1ccccc1)c1cncc(C)c1. The third kappa shape index (κ3) is 3.59. The predicted octanol–water partition coefficient (Wildman–Crippen LogP) is 3.44. The average Bonchev–Trinajstić information content (AvgIpc) is 2.41. The van der Waals surface area contributed by atoms with Gasteiger partial charge in [0.05, 0.1) is 0 Å². The molecule has 0 bridgehead atoms. The lowest BCUT2D eigenvalue weighted by Crippen LogP contribution is -2.19. The van der Waals surface area contributed by atoms with Gasteiger partial charge in [-0.05, 0) is 37.2 Å². The van der Waals surface area contributed by atoms with Crippen molar-refractivity contribution in [1.82, 2.24) is 10.3 Å². The summed E-state index contributed by atoms with van der Waals surface area (Å²) in [6.45, 7) is 2.08. The summed E-state index contributed by atoms with van der Waals surface area (Å²) >= 11 is 1.86. The van der Waals surface area contributed by atoms with Crippen molar-refractivity contribution in [2.24, 2.45) is 0 Å². The number of nitrogens with one attached hydrogen (secondary N) is 1. The normalized spacial score (nSPS) is 12.3. The molecule has 1 N–H and O–H groups in total. The van der Waals surface area contributed by atoms with E-state index in [9.17, 15) is 0 Å². The molecular weight excluding hydrogens is 240 g/mol. The average molecular weight is 258 g/mol. The Balaban J connectivity index is 2.02. The smallest absolute Gasteiger partial charge is 0.0428 e. The topological polar surface area (TPSA) is 24.9 Å². The summed E-state index contributed by atoms with van der Waals surface area (Å²) in [5.74, 6) is 1.01. The van der Waals surface area contributed by atoms with Crippen LogP contribution in [-0.4, -0.2) is 17.8 Å². The summed E-state index contributed by atoms with van der Waals surface area (Å²) < 4.78 is 0. The van der Waals surface area contributed by atoms with Crippen molar-refractivity contribution in [3.63, 3.8) is 0 Å². The van der Waals surface area contributed by atoms with E-state index in [4.69, 9.17) is 0 Å². The first-order chi connectivity index (χ1) is 8.79. The van der Waals surface area contributed by atoms with Gasteiger partial charge in [-0.3, -0.25) is 4.98 Å². The van der Waals surface area contributed by atoms with Crippen LogP contribution < -0.4 is 5.32 Å². The molecule has 0 fully saturated rings. The minimum absolute atomic E-state index is 0.336. The Labute approximate surface area is 113 Å². The Kier molecular flexibility index (Phi) is 4.79. The van der Waals surface area contributed by atoms with Crippen LogP contribution in [0.3, 0.4) is 0 Å². The zero-order valence-corrected chi connectivity index (χ0v) is 11.6. The third-order valence-corrected chi connectivity index (χ3v) is 3.91. The largest absolute Gasteiger partial charge is 0.312 e.